The summed E-state index contributed by atoms with van der Waals surface area (Å²) in [6.07, 6.45) is 5.51. The van der Waals surface area contributed by atoms with Gasteiger partial charge in [0, 0.05) is 19.4 Å². The van der Waals surface area contributed by atoms with Gasteiger partial charge < -0.3 is 5.32 Å². The molecule has 0 radical (unpaired) electrons. The number of nitrogens with one attached hydrogen (secondary N) is 1. The van der Waals surface area contributed by atoms with Crippen LogP contribution in [0.4, 0.5) is 0 Å². The normalized spacial score (nSPS) is 12.7. The van der Waals surface area contributed by atoms with Crippen molar-refractivity contribution in [3.8, 4) is 0 Å². The second-order valence-electron chi connectivity index (χ2n) is 3.96. The van der Waals surface area contributed by atoms with E-state index in [0.717, 1.165) is 10.2 Å². The van der Waals surface area contributed by atoms with Crippen molar-refractivity contribution >= 4 is 15.9 Å². The molecule has 0 saturated heterocycles. The van der Waals surface area contributed by atoms with Gasteiger partial charge in [0.1, 0.15) is 0 Å². The van der Waals surface area contributed by atoms with E-state index in [1.54, 1.807) is 0 Å². The molecule has 17 heavy (non-hydrogen) atoms. The lowest BCUT2D eigenvalue weighted by Crippen LogP contribution is -2.22. The third-order valence-electron chi connectivity index (χ3n) is 2.87. The SMILES string of the molecule is CNC(c1ccncc1C)c1c(Br)cnn1C. The molecule has 0 aromatic carbocycles. The first kappa shape index (κ1) is 12.3. The molecule has 0 amide bonds. The molecule has 0 saturated carbocycles. The minimum atomic E-state index is 0.111. The van der Waals surface area contributed by atoms with Crippen LogP contribution in [0, 0.1) is 6.92 Å². The lowest BCUT2D eigenvalue weighted by Gasteiger charge is -2.19. The zero-order chi connectivity index (χ0) is 12.4. The molecule has 0 fully saturated rings. The molecule has 5 heteroatoms. The van der Waals surface area contributed by atoms with E-state index < -0.39 is 0 Å². The summed E-state index contributed by atoms with van der Waals surface area (Å²) >= 11 is 3.54. The molecule has 0 spiro atoms. The van der Waals surface area contributed by atoms with Crippen molar-refractivity contribution in [2.75, 3.05) is 7.05 Å². The molecule has 0 aliphatic rings. The average molecular weight is 295 g/mol. The van der Waals surface area contributed by atoms with Gasteiger partial charge in [-0.05, 0) is 47.1 Å². The monoisotopic (exact) mass is 294 g/mol. The maximum Gasteiger partial charge on any atom is 0.0760 e. The first-order valence-corrected chi connectivity index (χ1v) is 6.19. The number of hydrogen-bond acceptors (Lipinski definition) is 3. The quantitative estimate of drug-likeness (QED) is 0.944. The van der Waals surface area contributed by atoms with E-state index in [1.165, 1.54) is 11.1 Å². The Balaban J connectivity index is 2.52. The Morgan fingerprint density at radius 3 is 2.71 bits per heavy atom. The van der Waals surface area contributed by atoms with E-state index in [4.69, 9.17) is 0 Å². The van der Waals surface area contributed by atoms with Crippen LogP contribution in [0.5, 0.6) is 0 Å². The molecule has 1 atom stereocenters. The van der Waals surface area contributed by atoms with Crippen LogP contribution in [0.2, 0.25) is 0 Å². The summed E-state index contributed by atoms with van der Waals surface area (Å²) in [4.78, 5) is 4.13. The van der Waals surface area contributed by atoms with E-state index >= 15 is 0 Å². The molecule has 90 valence electrons. The first-order chi connectivity index (χ1) is 8.15. The Bertz CT molecular complexity index is 501. The summed E-state index contributed by atoms with van der Waals surface area (Å²) in [6, 6.07) is 2.15. The topological polar surface area (TPSA) is 42.7 Å². The lowest BCUT2D eigenvalue weighted by atomic mass is 10.0. The molecule has 2 aromatic heterocycles. The van der Waals surface area contributed by atoms with Crippen LogP contribution in [0.1, 0.15) is 22.9 Å². The highest BCUT2D eigenvalue weighted by molar-refractivity contribution is 9.10. The van der Waals surface area contributed by atoms with Gasteiger partial charge >= 0.3 is 0 Å². The van der Waals surface area contributed by atoms with Crippen LogP contribution in [-0.2, 0) is 7.05 Å². The first-order valence-electron chi connectivity index (χ1n) is 5.40. The van der Waals surface area contributed by atoms with Crippen molar-refractivity contribution in [2.45, 2.75) is 13.0 Å². The number of pyridine rings is 1. The fraction of sp³-hybridized carbons (Fsp3) is 0.333. The molecule has 1 N–H and O–H groups in total. The average Bonchev–Trinajstić information content (AvgIpc) is 2.64. The van der Waals surface area contributed by atoms with Crippen LogP contribution in [0.3, 0.4) is 0 Å². The molecule has 0 aliphatic carbocycles. The zero-order valence-corrected chi connectivity index (χ0v) is 11.7. The minimum absolute atomic E-state index is 0.111. The van der Waals surface area contributed by atoms with Crippen molar-refractivity contribution in [3.05, 3.63) is 46.0 Å². The third-order valence-corrected chi connectivity index (χ3v) is 3.49. The Kier molecular flexibility index (Phi) is 3.59. The number of nitrogens with zero attached hydrogens (tertiary/aromatic N) is 3. The summed E-state index contributed by atoms with van der Waals surface area (Å²) in [7, 11) is 3.89. The number of rotatable bonds is 3. The smallest absolute Gasteiger partial charge is 0.0760 e. The van der Waals surface area contributed by atoms with E-state index in [0.29, 0.717) is 0 Å². The highest BCUT2D eigenvalue weighted by Gasteiger charge is 2.20. The highest BCUT2D eigenvalue weighted by atomic mass is 79.9. The summed E-state index contributed by atoms with van der Waals surface area (Å²) in [5.41, 5.74) is 3.49. The molecule has 1 unspecified atom stereocenters. The lowest BCUT2D eigenvalue weighted by molar-refractivity contribution is 0.601. The second-order valence-corrected chi connectivity index (χ2v) is 4.81. The molecule has 0 aliphatic heterocycles. The largest absolute Gasteiger partial charge is 0.308 e. The fourth-order valence-corrected chi connectivity index (χ4v) is 2.57. The van der Waals surface area contributed by atoms with Crippen molar-refractivity contribution in [1.29, 1.82) is 0 Å². The van der Waals surface area contributed by atoms with Gasteiger partial charge in [-0.25, -0.2) is 0 Å². The Morgan fingerprint density at radius 1 is 1.41 bits per heavy atom. The standard InChI is InChI=1S/C12H15BrN4/c1-8-6-15-5-4-9(8)11(14-2)12-10(13)7-16-17(12)3/h4-7,11,14H,1-3H3. The van der Waals surface area contributed by atoms with Crippen LogP contribution >= 0.6 is 15.9 Å². The maximum absolute atomic E-state index is 4.25. The van der Waals surface area contributed by atoms with E-state index in [2.05, 4.69) is 38.3 Å². The summed E-state index contributed by atoms with van der Waals surface area (Å²) in [6.45, 7) is 2.07. The van der Waals surface area contributed by atoms with Crippen LogP contribution in [0.15, 0.2) is 29.1 Å². The Hall–Kier alpha value is -1.20. The predicted molar refractivity (Wildman–Crippen MR) is 70.8 cm³/mol. The van der Waals surface area contributed by atoms with Gasteiger partial charge in [0.25, 0.3) is 0 Å². The summed E-state index contributed by atoms with van der Waals surface area (Å²) in [5, 5.41) is 7.58. The number of hydrogen-bond donors (Lipinski definition) is 1. The highest BCUT2D eigenvalue weighted by Crippen LogP contribution is 2.29. The van der Waals surface area contributed by atoms with Gasteiger partial charge in [-0.3, -0.25) is 9.67 Å². The molecule has 2 rings (SSSR count). The van der Waals surface area contributed by atoms with Gasteiger partial charge in [0.2, 0.25) is 0 Å². The van der Waals surface area contributed by atoms with Crippen molar-refractivity contribution < 1.29 is 0 Å². The van der Waals surface area contributed by atoms with E-state index in [9.17, 15) is 0 Å². The Morgan fingerprint density at radius 2 is 2.18 bits per heavy atom. The number of aromatic nitrogens is 3. The number of halogens is 1. The Labute approximate surface area is 109 Å². The predicted octanol–water partition coefficient (Wildman–Crippen LogP) is 2.19. The molecule has 2 aromatic rings. The molecular formula is C12H15BrN4. The molecule has 0 bridgehead atoms. The molecular weight excluding hydrogens is 280 g/mol. The molecule has 2 heterocycles. The van der Waals surface area contributed by atoms with Gasteiger partial charge in [0.05, 0.1) is 22.4 Å². The van der Waals surface area contributed by atoms with Crippen LogP contribution in [0.25, 0.3) is 0 Å². The van der Waals surface area contributed by atoms with Crippen molar-refractivity contribution in [2.24, 2.45) is 7.05 Å². The van der Waals surface area contributed by atoms with Crippen LogP contribution in [-0.4, -0.2) is 21.8 Å². The summed E-state index contributed by atoms with van der Waals surface area (Å²) < 4.78 is 2.89. The maximum atomic E-state index is 4.25. The third kappa shape index (κ3) is 2.25. The second kappa shape index (κ2) is 4.98. The van der Waals surface area contributed by atoms with Crippen molar-refractivity contribution in [3.63, 3.8) is 0 Å². The molecule has 4 nitrogen and oxygen atoms in total. The van der Waals surface area contributed by atoms with E-state index in [-0.39, 0.29) is 6.04 Å². The van der Waals surface area contributed by atoms with Gasteiger partial charge in [-0.2, -0.15) is 5.10 Å². The fourth-order valence-electron chi connectivity index (χ4n) is 1.99. The minimum Gasteiger partial charge on any atom is -0.308 e. The zero-order valence-electron chi connectivity index (χ0n) is 10.1. The van der Waals surface area contributed by atoms with Crippen molar-refractivity contribution in [1.82, 2.24) is 20.1 Å². The van der Waals surface area contributed by atoms with Gasteiger partial charge in [0.15, 0.2) is 0 Å². The number of aryl methyl sites for hydroxylation is 2. The van der Waals surface area contributed by atoms with Crippen LogP contribution < -0.4 is 5.32 Å². The van der Waals surface area contributed by atoms with E-state index in [1.807, 2.05) is 43.4 Å². The van der Waals surface area contributed by atoms with Gasteiger partial charge in [-0.1, -0.05) is 0 Å². The summed E-state index contributed by atoms with van der Waals surface area (Å²) in [5.74, 6) is 0. The van der Waals surface area contributed by atoms with Gasteiger partial charge in [-0.15, -0.1) is 0 Å².